The molecular formula is C29H29NO4S2. The third-order valence-electron chi connectivity index (χ3n) is 6.33. The number of carbonyl (C=O) groups is 3. The number of hydrogen-bond acceptors (Lipinski definition) is 6. The van der Waals surface area contributed by atoms with Crippen LogP contribution in [-0.4, -0.2) is 40.3 Å². The number of thioether (sulfide) groups is 2. The van der Waals surface area contributed by atoms with E-state index in [1.54, 1.807) is 35.7 Å². The predicted octanol–water partition coefficient (Wildman–Crippen LogP) is 6.46. The summed E-state index contributed by atoms with van der Waals surface area (Å²) < 4.78 is -1.43. The van der Waals surface area contributed by atoms with E-state index in [1.807, 2.05) is 13.8 Å². The summed E-state index contributed by atoms with van der Waals surface area (Å²) in [5.74, 6) is -0.356. The lowest BCUT2D eigenvalue weighted by Gasteiger charge is -2.31. The van der Waals surface area contributed by atoms with Gasteiger partial charge in [0.2, 0.25) is 0 Å². The molecule has 186 valence electrons. The fraction of sp³-hybridized carbons (Fsp3) is 0.276. The Balaban J connectivity index is 1.49. The van der Waals surface area contributed by atoms with E-state index in [0.29, 0.717) is 23.5 Å². The Morgan fingerprint density at radius 1 is 0.806 bits per heavy atom. The van der Waals surface area contributed by atoms with E-state index in [9.17, 15) is 19.6 Å². The third-order valence-corrected chi connectivity index (χ3v) is 8.68. The molecule has 1 aliphatic rings. The molecular weight excluding hydrogens is 490 g/mol. The zero-order chi connectivity index (χ0) is 25.7. The smallest absolute Gasteiger partial charge is 0.353 e. The lowest BCUT2D eigenvalue weighted by Crippen LogP contribution is -2.48. The summed E-state index contributed by atoms with van der Waals surface area (Å²) in [6.45, 7) is 4.07. The molecule has 1 fully saturated rings. The van der Waals surface area contributed by atoms with E-state index in [2.05, 4.69) is 48.5 Å². The summed E-state index contributed by atoms with van der Waals surface area (Å²) in [6, 6.07) is 22.7. The second-order valence-electron chi connectivity index (χ2n) is 9.15. The average Bonchev–Trinajstić information content (AvgIpc) is 3.24. The molecule has 1 unspecified atom stereocenters. The molecule has 36 heavy (non-hydrogen) atoms. The van der Waals surface area contributed by atoms with Crippen molar-refractivity contribution in [1.29, 1.82) is 0 Å². The molecule has 1 saturated heterocycles. The van der Waals surface area contributed by atoms with Crippen LogP contribution in [0.15, 0.2) is 82.6 Å². The maximum Gasteiger partial charge on any atom is 0.353 e. The van der Waals surface area contributed by atoms with Crippen LogP contribution in [0.5, 0.6) is 0 Å². The van der Waals surface area contributed by atoms with Gasteiger partial charge in [0.05, 0.1) is 18.5 Å². The molecule has 7 heteroatoms. The minimum absolute atomic E-state index is 0.00325. The topological polar surface area (TPSA) is 74.3 Å². The number of hydrogen-bond donors (Lipinski definition) is 0. The molecule has 1 aliphatic heterocycles. The van der Waals surface area contributed by atoms with Gasteiger partial charge in [-0.05, 0) is 50.2 Å². The van der Waals surface area contributed by atoms with Gasteiger partial charge in [-0.1, -0.05) is 47.5 Å². The van der Waals surface area contributed by atoms with Crippen LogP contribution < -0.4 is 0 Å². The molecule has 3 aromatic carbocycles. The molecule has 1 atom stereocenters. The highest BCUT2D eigenvalue weighted by atomic mass is 32.2. The predicted molar refractivity (Wildman–Crippen MR) is 145 cm³/mol. The van der Waals surface area contributed by atoms with Gasteiger partial charge in [-0.3, -0.25) is 4.79 Å². The first kappa shape index (κ1) is 26.4. The van der Waals surface area contributed by atoms with E-state index in [4.69, 9.17) is 0 Å². The molecule has 5 nitrogen and oxygen atoms in total. The Morgan fingerprint density at radius 3 is 1.72 bits per heavy atom. The van der Waals surface area contributed by atoms with E-state index in [-0.39, 0.29) is 30.2 Å². The van der Waals surface area contributed by atoms with Gasteiger partial charge in [-0.2, -0.15) is 0 Å². The number of aryl methyl sites for hydroxylation is 2. The SMILES string of the molecule is Cc1ccc(SCC(CSc2ccc(C)cc2)C(=O)c2ccc(C(=O)[N+]3([O-])CCCC3=O)cc2)cc1. The summed E-state index contributed by atoms with van der Waals surface area (Å²) in [5.41, 5.74) is 3.04. The first-order valence-electron chi connectivity index (χ1n) is 12.0. The fourth-order valence-electron chi connectivity index (χ4n) is 4.06. The number of amides is 2. The highest BCUT2D eigenvalue weighted by molar-refractivity contribution is 8.00. The number of likely N-dealkylation sites (tertiary alicyclic amines) is 1. The van der Waals surface area contributed by atoms with Gasteiger partial charge >= 0.3 is 11.8 Å². The molecule has 1 heterocycles. The Hall–Kier alpha value is -2.71. The van der Waals surface area contributed by atoms with Gasteiger partial charge in [0, 0.05) is 39.2 Å². The van der Waals surface area contributed by atoms with E-state index >= 15 is 0 Å². The molecule has 2 amide bonds. The van der Waals surface area contributed by atoms with Gasteiger partial charge in [0.1, 0.15) is 0 Å². The van der Waals surface area contributed by atoms with Crippen molar-refractivity contribution in [2.75, 3.05) is 18.1 Å². The number of Topliss-reactive ketones (excluding diaryl/α,β-unsaturated/α-hetero) is 1. The van der Waals surface area contributed by atoms with Gasteiger partial charge in [-0.15, -0.1) is 23.5 Å². The van der Waals surface area contributed by atoms with Crippen molar-refractivity contribution in [1.82, 2.24) is 0 Å². The Kier molecular flexibility index (Phi) is 8.46. The first-order valence-corrected chi connectivity index (χ1v) is 13.9. The van der Waals surface area contributed by atoms with E-state index in [0.717, 1.165) is 9.79 Å². The summed E-state index contributed by atoms with van der Waals surface area (Å²) in [7, 11) is 0. The minimum atomic E-state index is -1.43. The summed E-state index contributed by atoms with van der Waals surface area (Å²) in [4.78, 5) is 40.4. The molecule has 0 spiro atoms. The van der Waals surface area contributed by atoms with Crippen LogP contribution in [0.4, 0.5) is 0 Å². The Bertz CT molecular complexity index is 1190. The molecule has 0 N–H and O–H groups in total. The summed E-state index contributed by atoms with van der Waals surface area (Å²) in [5, 5.41) is 12.7. The van der Waals surface area contributed by atoms with Crippen LogP contribution in [0.25, 0.3) is 0 Å². The highest BCUT2D eigenvalue weighted by Crippen LogP contribution is 2.29. The summed E-state index contributed by atoms with van der Waals surface area (Å²) in [6.07, 6.45) is 0.550. The molecule has 0 saturated carbocycles. The maximum absolute atomic E-state index is 13.5. The molecule has 0 bridgehead atoms. The van der Waals surface area contributed by atoms with Gasteiger partial charge in [-0.25, -0.2) is 14.2 Å². The van der Waals surface area contributed by atoms with Crippen LogP contribution in [0.2, 0.25) is 0 Å². The van der Waals surface area contributed by atoms with Crippen molar-refractivity contribution in [3.63, 3.8) is 0 Å². The second kappa shape index (κ2) is 11.6. The number of nitrogens with zero attached hydrogens (tertiary/aromatic N) is 1. The zero-order valence-corrected chi connectivity index (χ0v) is 22.1. The second-order valence-corrected chi connectivity index (χ2v) is 11.3. The molecule has 3 aromatic rings. The number of imide groups is 1. The monoisotopic (exact) mass is 519 g/mol. The number of ketones is 1. The number of rotatable bonds is 9. The van der Waals surface area contributed by atoms with E-state index in [1.165, 1.54) is 23.3 Å². The molecule has 0 aliphatic carbocycles. The van der Waals surface area contributed by atoms with Crippen molar-refractivity contribution >= 4 is 41.1 Å². The number of quaternary nitrogens is 1. The standard InChI is InChI=1S/C29H29NO4S2/c1-20-5-13-25(14-6-20)35-18-24(19-36-26-15-7-21(2)8-16-26)28(32)22-9-11-23(12-10-22)29(33)30(34)17-3-4-27(30)31/h5-16,24H,3-4,17-19H2,1-2H3. The molecule has 0 radical (unpaired) electrons. The average molecular weight is 520 g/mol. The largest absolute Gasteiger partial charge is 0.617 e. The number of carbonyl (C=O) groups excluding carboxylic acids is 3. The Morgan fingerprint density at radius 2 is 1.28 bits per heavy atom. The van der Waals surface area contributed by atoms with Crippen molar-refractivity contribution in [3.8, 4) is 0 Å². The van der Waals surface area contributed by atoms with Crippen molar-refractivity contribution in [2.45, 2.75) is 36.5 Å². The number of benzene rings is 3. The normalized spacial score (nSPS) is 17.5. The quantitative estimate of drug-likeness (QED) is 0.106. The van der Waals surface area contributed by atoms with Crippen LogP contribution in [0, 0.1) is 25.0 Å². The van der Waals surface area contributed by atoms with Gasteiger partial charge < -0.3 is 5.21 Å². The highest BCUT2D eigenvalue weighted by Gasteiger charge is 2.41. The molecule has 0 aromatic heterocycles. The lowest BCUT2D eigenvalue weighted by molar-refractivity contribution is -0.708. The Labute approximate surface area is 220 Å². The van der Waals surface area contributed by atoms with Crippen molar-refractivity contribution < 1.29 is 19.0 Å². The first-order chi connectivity index (χ1) is 17.3. The van der Waals surface area contributed by atoms with Crippen molar-refractivity contribution in [2.24, 2.45) is 5.92 Å². The van der Waals surface area contributed by atoms with Gasteiger partial charge in [0.25, 0.3) is 0 Å². The zero-order valence-electron chi connectivity index (χ0n) is 20.4. The lowest BCUT2D eigenvalue weighted by atomic mass is 9.99. The van der Waals surface area contributed by atoms with Crippen LogP contribution in [0.3, 0.4) is 0 Å². The van der Waals surface area contributed by atoms with Crippen LogP contribution in [-0.2, 0) is 4.79 Å². The van der Waals surface area contributed by atoms with Gasteiger partial charge in [0.15, 0.2) is 5.78 Å². The molecule has 4 rings (SSSR count). The van der Waals surface area contributed by atoms with E-state index < -0.39 is 16.5 Å². The minimum Gasteiger partial charge on any atom is -0.617 e. The number of hydroxylamine groups is 3. The van der Waals surface area contributed by atoms with Crippen molar-refractivity contribution in [3.05, 3.63) is 100 Å². The van der Waals surface area contributed by atoms with Crippen LogP contribution >= 0.6 is 23.5 Å². The summed E-state index contributed by atoms with van der Waals surface area (Å²) >= 11 is 3.31. The third kappa shape index (κ3) is 6.16. The maximum atomic E-state index is 13.5. The van der Waals surface area contributed by atoms with Crippen LogP contribution in [0.1, 0.15) is 44.7 Å². The fourth-order valence-corrected chi connectivity index (χ4v) is 6.19.